The molecule has 0 unspecified atom stereocenters. The van der Waals surface area contributed by atoms with Gasteiger partial charge in [-0.05, 0) is 24.6 Å². The van der Waals surface area contributed by atoms with E-state index >= 15 is 0 Å². The molecule has 0 atom stereocenters. The van der Waals surface area contributed by atoms with E-state index in [4.69, 9.17) is 14.6 Å². The van der Waals surface area contributed by atoms with Crippen LogP contribution in [0.5, 0.6) is 5.75 Å². The zero-order valence-corrected chi connectivity index (χ0v) is 8.70. The summed E-state index contributed by atoms with van der Waals surface area (Å²) in [5.74, 6) is -0.134. The topological polar surface area (TPSA) is 38.7 Å². The predicted molar refractivity (Wildman–Crippen MR) is 54.5 cm³/mol. The van der Waals surface area contributed by atoms with Gasteiger partial charge in [0.25, 0.3) is 0 Å². The lowest BCUT2D eigenvalue weighted by molar-refractivity contribution is 0.0696. The second-order valence-electron chi connectivity index (χ2n) is 3.12. The number of halogens is 1. The fraction of sp³-hybridized carbons (Fsp3) is 0.455. The molecule has 15 heavy (non-hydrogen) atoms. The fourth-order valence-electron chi connectivity index (χ4n) is 1.10. The number of aryl methyl sites for hydroxylation is 1. The molecule has 0 bridgehead atoms. The lowest BCUT2D eigenvalue weighted by Gasteiger charge is -2.07. The minimum Gasteiger partial charge on any atom is -0.488 e. The molecular weight excluding hydrogens is 199 g/mol. The van der Waals surface area contributed by atoms with E-state index < -0.39 is 0 Å². The van der Waals surface area contributed by atoms with E-state index in [1.165, 1.54) is 6.07 Å². The van der Waals surface area contributed by atoms with Crippen molar-refractivity contribution in [3.05, 3.63) is 29.6 Å². The number of rotatable bonds is 6. The van der Waals surface area contributed by atoms with Crippen molar-refractivity contribution in [1.29, 1.82) is 0 Å². The molecule has 3 nitrogen and oxygen atoms in total. The van der Waals surface area contributed by atoms with Crippen LogP contribution in [-0.4, -0.2) is 31.5 Å². The highest BCUT2D eigenvalue weighted by molar-refractivity contribution is 5.29. The first-order valence-electron chi connectivity index (χ1n) is 4.81. The van der Waals surface area contributed by atoms with Gasteiger partial charge in [-0.1, -0.05) is 6.07 Å². The van der Waals surface area contributed by atoms with Gasteiger partial charge in [0.1, 0.15) is 6.61 Å². The van der Waals surface area contributed by atoms with Crippen LogP contribution in [0.2, 0.25) is 0 Å². The second kappa shape index (κ2) is 6.37. The van der Waals surface area contributed by atoms with E-state index in [9.17, 15) is 4.39 Å². The van der Waals surface area contributed by atoms with Crippen molar-refractivity contribution in [2.75, 3.05) is 26.4 Å². The summed E-state index contributed by atoms with van der Waals surface area (Å²) in [4.78, 5) is 0. The van der Waals surface area contributed by atoms with Crippen molar-refractivity contribution in [2.45, 2.75) is 6.92 Å². The normalized spacial score (nSPS) is 10.3. The molecule has 1 rings (SSSR count). The number of aliphatic hydroxyl groups excluding tert-OH is 1. The van der Waals surface area contributed by atoms with Crippen LogP contribution in [0.15, 0.2) is 18.2 Å². The molecule has 0 radical (unpaired) electrons. The molecule has 0 saturated carbocycles. The first-order chi connectivity index (χ1) is 7.24. The van der Waals surface area contributed by atoms with Crippen molar-refractivity contribution < 1.29 is 19.0 Å². The van der Waals surface area contributed by atoms with Crippen LogP contribution < -0.4 is 4.74 Å². The average molecular weight is 214 g/mol. The van der Waals surface area contributed by atoms with Crippen molar-refractivity contribution in [3.8, 4) is 5.75 Å². The Labute approximate surface area is 88.4 Å². The lowest BCUT2D eigenvalue weighted by Crippen LogP contribution is -2.09. The first kappa shape index (κ1) is 11.9. The Bertz CT molecular complexity index is 302. The maximum absolute atomic E-state index is 13.1. The molecule has 0 fully saturated rings. The quantitative estimate of drug-likeness (QED) is 0.730. The third kappa shape index (κ3) is 4.27. The van der Waals surface area contributed by atoms with Gasteiger partial charge in [-0.3, -0.25) is 0 Å². The van der Waals surface area contributed by atoms with Gasteiger partial charge in [0.05, 0.1) is 19.8 Å². The summed E-state index contributed by atoms with van der Waals surface area (Å²) in [5.41, 5.74) is 0.947. The molecule has 4 heteroatoms. The monoisotopic (exact) mass is 214 g/mol. The summed E-state index contributed by atoms with van der Waals surface area (Å²) >= 11 is 0. The van der Waals surface area contributed by atoms with Crippen LogP contribution in [0, 0.1) is 12.7 Å². The molecule has 0 amide bonds. The fourth-order valence-corrected chi connectivity index (χ4v) is 1.10. The van der Waals surface area contributed by atoms with Gasteiger partial charge in [0.2, 0.25) is 0 Å². The third-order valence-corrected chi connectivity index (χ3v) is 1.81. The molecule has 0 aliphatic heterocycles. The molecule has 1 aromatic rings. The van der Waals surface area contributed by atoms with Gasteiger partial charge in [-0.15, -0.1) is 0 Å². The van der Waals surface area contributed by atoms with E-state index in [1.807, 2.05) is 6.92 Å². The molecule has 0 aliphatic carbocycles. The Morgan fingerprint density at radius 3 is 2.80 bits per heavy atom. The summed E-state index contributed by atoms with van der Waals surface area (Å²) in [6, 6.07) is 4.70. The minimum atomic E-state index is -0.372. The van der Waals surface area contributed by atoms with Crippen LogP contribution >= 0.6 is 0 Å². The van der Waals surface area contributed by atoms with Gasteiger partial charge in [0.15, 0.2) is 11.6 Å². The number of hydrogen-bond donors (Lipinski definition) is 1. The number of aliphatic hydroxyl groups is 1. The molecule has 0 aromatic heterocycles. The average Bonchev–Trinajstić information content (AvgIpc) is 2.23. The molecule has 0 spiro atoms. The highest BCUT2D eigenvalue weighted by Gasteiger charge is 2.02. The Balaban J connectivity index is 2.33. The largest absolute Gasteiger partial charge is 0.488 e. The third-order valence-electron chi connectivity index (χ3n) is 1.81. The predicted octanol–water partition coefficient (Wildman–Crippen LogP) is 1.52. The molecular formula is C11H15FO3. The van der Waals surface area contributed by atoms with Crippen LogP contribution in [-0.2, 0) is 4.74 Å². The SMILES string of the molecule is Cc1ccc(F)c(OCCOCCO)c1. The minimum absolute atomic E-state index is 0.0151. The van der Waals surface area contributed by atoms with Crippen LogP contribution in [0.1, 0.15) is 5.56 Å². The molecule has 1 N–H and O–H groups in total. The van der Waals surface area contributed by atoms with E-state index in [0.29, 0.717) is 6.61 Å². The first-order valence-corrected chi connectivity index (χ1v) is 4.81. The highest BCUT2D eigenvalue weighted by Crippen LogP contribution is 2.17. The van der Waals surface area contributed by atoms with Gasteiger partial charge < -0.3 is 14.6 Å². The van der Waals surface area contributed by atoms with Gasteiger partial charge >= 0.3 is 0 Å². The number of hydrogen-bond acceptors (Lipinski definition) is 3. The molecule has 1 aromatic carbocycles. The van der Waals surface area contributed by atoms with Crippen molar-refractivity contribution >= 4 is 0 Å². The number of ether oxygens (including phenoxy) is 2. The summed E-state index contributed by atoms with van der Waals surface area (Å²) in [6.45, 7) is 2.75. The van der Waals surface area contributed by atoms with Crippen molar-refractivity contribution in [1.82, 2.24) is 0 Å². The van der Waals surface area contributed by atoms with Gasteiger partial charge in [-0.25, -0.2) is 4.39 Å². The molecule has 0 saturated heterocycles. The maximum atomic E-state index is 13.1. The van der Waals surface area contributed by atoms with Crippen LogP contribution in [0.4, 0.5) is 4.39 Å². The molecule has 0 aliphatic rings. The molecule has 84 valence electrons. The summed E-state index contributed by atoms with van der Waals surface area (Å²) in [7, 11) is 0. The standard InChI is InChI=1S/C11H15FO3/c1-9-2-3-10(12)11(8-9)15-7-6-14-5-4-13/h2-3,8,13H,4-7H2,1H3. The smallest absolute Gasteiger partial charge is 0.165 e. The Morgan fingerprint density at radius 1 is 1.27 bits per heavy atom. The Hall–Kier alpha value is -1.13. The van der Waals surface area contributed by atoms with Crippen LogP contribution in [0.25, 0.3) is 0 Å². The van der Waals surface area contributed by atoms with E-state index in [-0.39, 0.29) is 31.4 Å². The van der Waals surface area contributed by atoms with E-state index in [0.717, 1.165) is 5.56 Å². The Morgan fingerprint density at radius 2 is 2.07 bits per heavy atom. The van der Waals surface area contributed by atoms with Gasteiger partial charge in [-0.2, -0.15) is 0 Å². The summed E-state index contributed by atoms with van der Waals surface area (Å²) in [5, 5.41) is 8.44. The molecule has 0 heterocycles. The zero-order chi connectivity index (χ0) is 11.1. The maximum Gasteiger partial charge on any atom is 0.165 e. The van der Waals surface area contributed by atoms with E-state index in [1.54, 1.807) is 12.1 Å². The zero-order valence-electron chi connectivity index (χ0n) is 8.70. The Kier molecular flexibility index (Phi) is 5.07. The van der Waals surface area contributed by atoms with E-state index in [2.05, 4.69) is 0 Å². The van der Waals surface area contributed by atoms with Crippen LogP contribution in [0.3, 0.4) is 0 Å². The van der Waals surface area contributed by atoms with Crippen molar-refractivity contribution in [2.24, 2.45) is 0 Å². The summed E-state index contributed by atoms with van der Waals surface area (Å²) < 4.78 is 23.3. The van der Waals surface area contributed by atoms with Gasteiger partial charge in [0, 0.05) is 0 Å². The highest BCUT2D eigenvalue weighted by atomic mass is 19.1. The lowest BCUT2D eigenvalue weighted by atomic mass is 10.2. The second-order valence-corrected chi connectivity index (χ2v) is 3.12. The van der Waals surface area contributed by atoms with Crippen molar-refractivity contribution in [3.63, 3.8) is 0 Å². The summed E-state index contributed by atoms with van der Waals surface area (Å²) in [6.07, 6.45) is 0. The number of benzene rings is 1.